The number of piperidine rings is 1. The first kappa shape index (κ1) is 14.7. The molecule has 0 aromatic heterocycles. The number of nitrogens with two attached hydrogens (primary N) is 1. The van der Waals surface area contributed by atoms with E-state index in [2.05, 4.69) is 17.1 Å². The molecule has 0 radical (unpaired) electrons. The van der Waals surface area contributed by atoms with Gasteiger partial charge in [-0.05, 0) is 43.9 Å². The van der Waals surface area contributed by atoms with Gasteiger partial charge in [-0.25, -0.2) is 0 Å². The van der Waals surface area contributed by atoms with E-state index in [1.165, 1.54) is 19.3 Å². The molecule has 3 N–H and O–H groups in total. The van der Waals surface area contributed by atoms with Crippen LogP contribution in [-0.2, 0) is 0 Å². The van der Waals surface area contributed by atoms with Crippen LogP contribution < -0.4 is 16.0 Å². The number of carbonyl (C=O) groups is 1. The lowest BCUT2D eigenvalue weighted by Gasteiger charge is -2.34. The fraction of sp³-hybridized carbons (Fsp3) is 0.562. The summed E-state index contributed by atoms with van der Waals surface area (Å²) in [6.07, 6.45) is 3.72. The molecule has 1 aliphatic heterocycles. The molecule has 4 nitrogen and oxygen atoms in total. The topological polar surface area (TPSA) is 58.4 Å². The normalized spacial score (nSPS) is 16.2. The lowest BCUT2D eigenvalue weighted by molar-refractivity contribution is 0.0956. The highest BCUT2D eigenvalue weighted by Gasteiger charge is 2.19. The fourth-order valence-electron chi connectivity index (χ4n) is 2.83. The number of rotatable bonds is 4. The van der Waals surface area contributed by atoms with E-state index in [1.807, 2.05) is 19.1 Å². The zero-order chi connectivity index (χ0) is 14.5. The predicted octanol–water partition coefficient (Wildman–Crippen LogP) is 2.64. The summed E-state index contributed by atoms with van der Waals surface area (Å²) in [6, 6.07) is 5.63. The molecule has 0 bridgehead atoms. The number of hydrogen-bond donors (Lipinski definition) is 2. The van der Waals surface area contributed by atoms with Gasteiger partial charge in [-0.3, -0.25) is 4.79 Å². The van der Waals surface area contributed by atoms with Crippen molar-refractivity contribution in [3.63, 3.8) is 0 Å². The number of benzene rings is 1. The Kier molecular flexibility index (Phi) is 4.88. The van der Waals surface area contributed by atoms with Crippen molar-refractivity contribution < 1.29 is 4.79 Å². The van der Waals surface area contributed by atoms with Crippen molar-refractivity contribution in [1.29, 1.82) is 0 Å². The van der Waals surface area contributed by atoms with E-state index in [9.17, 15) is 4.79 Å². The third kappa shape index (κ3) is 3.24. The van der Waals surface area contributed by atoms with Gasteiger partial charge in [0.15, 0.2) is 0 Å². The number of nitrogens with zero attached hydrogens (tertiary/aromatic N) is 1. The lowest BCUT2D eigenvalue weighted by Crippen LogP contribution is -2.34. The zero-order valence-electron chi connectivity index (χ0n) is 12.5. The molecule has 110 valence electrons. The van der Waals surface area contributed by atoms with Gasteiger partial charge in [0.2, 0.25) is 0 Å². The fourth-order valence-corrected chi connectivity index (χ4v) is 2.83. The number of hydrogen-bond acceptors (Lipinski definition) is 3. The third-order valence-electron chi connectivity index (χ3n) is 4.16. The molecule has 0 aliphatic carbocycles. The van der Waals surface area contributed by atoms with Crippen LogP contribution in [0.1, 0.15) is 43.5 Å². The molecule has 0 atom stereocenters. The summed E-state index contributed by atoms with van der Waals surface area (Å²) in [7, 11) is 0. The van der Waals surface area contributed by atoms with E-state index in [1.54, 1.807) is 6.07 Å². The van der Waals surface area contributed by atoms with E-state index in [0.717, 1.165) is 24.7 Å². The molecule has 1 heterocycles. The van der Waals surface area contributed by atoms with Crippen LogP contribution in [0, 0.1) is 5.92 Å². The van der Waals surface area contributed by atoms with E-state index >= 15 is 0 Å². The number of amides is 1. The van der Waals surface area contributed by atoms with E-state index in [4.69, 9.17) is 5.73 Å². The van der Waals surface area contributed by atoms with Gasteiger partial charge in [-0.1, -0.05) is 13.3 Å². The van der Waals surface area contributed by atoms with Crippen LogP contribution in [0.4, 0.5) is 11.4 Å². The molecule has 1 fully saturated rings. The second kappa shape index (κ2) is 6.64. The van der Waals surface area contributed by atoms with E-state index < -0.39 is 0 Å². The highest BCUT2D eigenvalue weighted by Crippen LogP contribution is 2.29. The van der Waals surface area contributed by atoms with Crippen molar-refractivity contribution in [3.8, 4) is 0 Å². The summed E-state index contributed by atoms with van der Waals surface area (Å²) in [5.41, 5.74) is 8.53. The van der Waals surface area contributed by atoms with Crippen LogP contribution in [0.5, 0.6) is 0 Å². The molecule has 0 spiro atoms. The molecule has 1 amide bonds. The van der Waals surface area contributed by atoms with Crippen molar-refractivity contribution in [2.45, 2.75) is 33.1 Å². The van der Waals surface area contributed by atoms with Crippen LogP contribution in [-0.4, -0.2) is 25.5 Å². The smallest absolute Gasteiger partial charge is 0.251 e. The quantitative estimate of drug-likeness (QED) is 0.831. The van der Waals surface area contributed by atoms with Crippen molar-refractivity contribution in [2.75, 3.05) is 30.3 Å². The first-order valence-electron chi connectivity index (χ1n) is 7.58. The first-order chi connectivity index (χ1) is 9.65. The second-order valence-electron chi connectivity index (χ2n) is 5.47. The molecule has 1 saturated heterocycles. The van der Waals surface area contributed by atoms with Gasteiger partial charge in [0.25, 0.3) is 5.91 Å². The standard InChI is InChI=1S/C16H25N3O/c1-3-12-7-9-19(10-8-12)15-6-5-13(11-14(15)17)16(20)18-4-2/h5-6,11-12H,3-4,7-10,17H2,1-2H3,(H,18,20). The summed E-state index contributed by atoms with van der Waals surface area (Å²) in [6.45, 7) is 6.92. The Morgan fingerprint density at radius 2 is 2.05 bits per heavy atom. The molecule has 2 rings (SSSR count). The van der Waals surface area contributed by atoms with Gasteiger partial charge in [0, 0.05) is 25.2 Å². The van der Waals surface area contributed by atoms with Crippen LogP contribution in [0.2, 0.25) is 0 Å². The predicted molar refractivity (Wildman–Crippen MR) is 84.1 cm³/mol. The summed E-state index contributed by atoms with van der Waals surface area (Å²) < 4.78 is 0. The Morgan fingerprint density at radius 1 is 1.35 bits per heavy atom. The van der Waals surface area contributed by atoms with Crippen molar-refractivity contribution in [2.24, 2.45) is 5.92 Å². The Hall–Kier alpha value is -1.71. The molecule has 20 heavy (non-hydrogen) atoms. The minimum atomic E-state index is -0.0598. The summed E-state index contributed by atoms with van der Waals surface area (Å²) in [5, 5.41) is 2.79. The third-order valence-corrected chi connectivity index (χ3v) is 4.16. The number of nitrogen functional groups attached to an aromatic ring is 1. The Bertz CT molecular complexity index is 465. The molecule has 0 unspecified atom stereocenters. The largest absolute Gasteiger partial charge is 0.397 e. The Labute approximate surface area is 121 Å². The average Bonchev–Trinajstić information content (AvgIpc) is 2.47. The minimum absolute atomic E-state index is 0.0598. The Balaban J connectivity index is 2.08. The van der Waals surface area contributed by atoms with Crippen molar-refractivity contribution in [1.82, 2.24) is 5.32 Å². The molecule has 0 saturated carbocycles. The van der Waals surface area contributed by atoms with Crippen LogP contribution in [0.25, 0.3) is 0 Å². The SMILES string of the molecule is CCNC(=O)c1ccc(N2CCC(CC)CC2)c(N)c1. The maximum absolute atomic E-state index is 11.8. The molecule has 1 aromatic carbocycles. The molecule has 1 aliphatic rings. The van der Waals surface area contributed by atoms with Crippen molar-refractivity contribution >= 4 is 17.3 Å². The maximum Gasteiger partial charge on any atom is 0.251 e. The monoisotopic (exact) mass is 275 g/mol. The van der Waals surface area contributed by atoms with Crippen LogP contribution in [0.15, 0.2) is 18.2 Å². The van der Waals surface area contributed by atoms with Crippen molar-refractivity contribution in [3.05, 3.63) is 23.8 Å². The number of carbonyl (C=O) groups excluding carboxylic acids is 1. The maximum atomic E-state index is 11.8. The second-order valence-corrected chi connectivity index (χ2v) is 5.47. The Morgan fingerprint density at radius 3 is 2.60 bits per heavy atom. The number of anilines is 2. The lowest BCUT2D eigenvalue weighted by atomic mass is 9.94. The van der Waals surface area contributed by atoms with Crippen LogP contribution in [0.3, 0.4) is 0 Å². The first-order valence-corrected chi connectivity index (χ1v) is 7.58. The highest BCUT2D eigenvalue weighted by molar-refractivity contribution is 5.96. The highest BCUT2D eigenvalue weighted by atomic mass is 16.1. The molecular weight excluding hydrogens is 250 g/mol. The summed E-state index contributed by atoms with van der Waals surface area (Å²) in [5.74, 6) is 0.789. The van der Waals surface area contributed by atoms with Gasteiger partial charge in [-0.15, -0.1) is 0 Å². The molecular formula is C16H25N3O. The van der Waals surface area contributed by atoms with Crippen LogP contribution >= 0.6 is 0 Å². The number of nitrogens with one attached hydrogen (secondary N) is 1. The van der Waals surface area contributed by atoms with Gasteiger partial charge in [0.1, 0.15) is 0 Å². The van der Waals surface area contributed by atoms with Gasteiger partial charge >= 0.3 is 0 Å². The summed E-state index contributed by atoms with van der Waals surface area (Å²) >= 11 is 0. The van der Waals surface area contributed by atoms with Gasteiger partial charge < -0.3 is 16.0 Å². The zero-order valence-corrected chi connectivity index (χ0v) is 12.5. The van der Waals surface area contributed by atoms with Gasteiger partial charge in [0.05, 0.1) is 11.4 Å². The van der Waals surface area contributed by atoms with E-state index in [-0.39, 0.29) is 5.91 Å². The van der Waals surface area contributed by atoms with E-state index in [0.29, 0.717) is 17.8 Å². The minimum Gasteiger partial charge on any atom is -0.397 e. The molecule has 1 aromatic rings. The average molecular weight is 275 g/mol. The van der Waals surface area contributed by atoms with Gasteiger partial charge in [-0.2, -0.15) is 0 Å². The molecule has 4 heteroatoms. The summed E-state index contributed by atoms with van der Waals surface area (Å²) in [4.78, 5) is 14.1.